The van der Waals surface area contributed by atoms with Crippen LogP contribution >= 0.6 is 11.6 Å². The fraction of sp³-hybridized carbons (Fsp3) is 0.588. The minimum atomic E-state index is -0.831. The highest BCUT2D eigenvalue weighted by Crippen LogP contribution is 2.45. The third kappa shape index (κ3) is 3.03. The van der Waals surface area contributed by atoms with Crippen molar-refractivity contribution in [1.82, 2.24) is 0 Å². The van der Waals surface area contributed by atoms with Crippen molar-refractivity contribution in [2.45, 2.75) is 50.4 Å². The molecule has 4 heteroatoms. The van der Waals surface area contributed by atoms with E-state index in [-0.39, 0.29) is 0 Å². The summed E-state index contributed by atoms with van der Waals surface area (Å²) in [4.78, 5) is 12.0. The van der Waals surface area contributed by atoms with Crippen LogP contribution in [0.1, 0.15) is 50.5 Å². The monoisotopic (exact) mass is 308 g/mol. The molecule has 2 saturated carbocycles. The van der Waals surface area contributed by atoms with Crippen LogP contribution in [0.15, 0.2) is 18.2 Å². The van der Waals surface area contributed by atoms with Gasteiger partial charge >= 0.3 is 5.97 Å². The Labute approximate surface area is 130 Å². The molecule has 0 unspecified atom stereocenters. The number of ether oxygens (including phenoxy) is 1. The number of rotatable bonds is 5. The lowest BCUT2D eigenvalue weighted by Crippen LogP contribution is -2.38. The van der Waals surface area contributed by atoms with E-state index in [1.807, 2.05) is 6.07 Å². The van der Waals surface area contributed by atoms with Gasteiger partial charge < -0.3 is 9.84 Å². The molecule has 0 amide bonds. The molecule has 21 heavy (non-hydrogen) atoms. The van der Waals surface area contributed by atoms with Crippen LogP contribution in [-0.4, -0.2) is 17.7 Å². The van der Waals surface area contributed by atoms with Gasteiger partial charge in [0.25, 0.3) is 0 Å². The lowest BCUT2D eigenvalue weighted by Gasteiger charge is -2.34. The molecule has 3 nitrogen and oxygen atoms in total. The Hall–Kier alpha value is -1.22. The Morgan fingerprint density at radius 2 is 2.00 bits per heavy atom. The van der Waals surface area contributed by atoms with Crippen LogP contribution in [-0.2, 0) is 10.2 Å². The van der Waals surface area contributed by atoms with E-state index >= 15 is 0 Å². The molecule has 0 saturated heterocycles. The second-order valence-electron chi connectivity index (χ2n) is 6.34. The van der Waals surface area contributed by atoms with Crippen molar-refractivity contribution in [2.24, 2.45) is 5.92 Å². The normalized spacial score (nSPS) is 21.0. The maximum absolute atomic E-state index is 12.0. The van der Waals surface area contributed by atoms with Gasteiger partial charge in [-0.15, -0.1) is 0 Å². The molecule has 2 fully saturated rings. The van der Waals surface area contributed by atoms with Gasteiger partial charge in [-0.3, -0.25) is 4.79 Å². The summed E-state index contributed by atoms with van der Waals surface area (Å²) in [6.45, 7) is 0.685. The average Bonchev–Trinajstić information content (AvgIpc) is 3.30. The number of hydrogen-bond donors (Lipinski definition) is 1. The Kier molecular flexibility index (Phi) is 4.12. The number of carboxylic acids is 1. The molecular formula is C17H21ClO3. The van der Waals surface area contributed by atoms with Gasteiger partial charge in [-0.1, -0.05) is 30.9 Å². The Bertz CT molecular complexity index is 531. The van der Waals surface area contributed by atoms with Crippen molar-refractivity contribution in [2.75, 3.05) is 6.61 Å². The molecular weight excluding hydrogens is 288 g/mol. The minimum Gasteiger partial charge on any atom is -0.493 e. The van der Waals surface area contributed by atoms with Crippen LogP contribution in [0.3, 0.4) is 0 Å². The molecule has 2 aliphatic rings. The zero-order valence-corrected chi connectivity index (χ0v) is 12.9. The fourth-order valence-corrected chi connectivity index (χ4v) is 3.42. The topological polar surface area (TPSA) is 46.5 Å². The molecule has 0 aliphatic heterocycles. The van der Waals surface area contributed by atoms with Gasteiger partial charge in [-0.2, -0.15) is 0 Å². The summed E-state index contributed by atoms with van der Waals surface area (Å²) in [6, 6.07) is 5.41. The van der Waals surface area contributed by atoms with Gasteiger partial charge in [-0.05, 0) is 49.8 Å². The smallest absolute Gasteiger partial charge is 0.314 e. The van der Waals surface area contributed by atoms with Crippen molar-refractivity contribution in [3.63, 3.8) is 0 Å². The van der Waals surface area contributed by atoms with Crippen molar-refractivity contribution < 1.29 is 14.6 Å². The van der Waals surface area contributed by atoms with Crippen molar-refractivity contribution in [1.29, 1.82) is 0 Å². The predicted molar refractivity (Wildman–Crippen MR) is 82.1 cm³/mol. The van der Waals surface area contributed by atoms with Crippen LogP contribution in [0.25, 0.3) is 0 Å². The third-order valence-corrected chi connectivity index (χ3v) is 4.98. The lowest BCUT2D eigenvalue weighted by molar-refractivity contribution is -0.145. The van der Waals surface area contributed by atoms with Gasteiger partial charge in [0.1, 0.15) is 5.75 Å². The third-order valence-electron chi connectivity index (χ3n) is 4.75. The minimum absolute atomic E-state index is 0.579. The first-order chi connectivity index (χ1) is 10.1. The summed E-state index contributed by atoms with van der Waals surface area (Å²) < 4.78 is 5.92. The maximum Gasteiger partial charge on any atom is 0.314 e. The van der Waals surface area contributed by atoms with E-state index in [1.54, 1.807) is 12.1 Å². The number of carboxylic acid groups (broad SMARTS) is 1. The van der Waals surface area contributed by atoms with Crippen LogP contribution in [0, 0.1) is 5.92 Å². The number of aliphatic carboxylic acids is 1. The van der Waals surface area contributed by atoms with Crippen LogP contribution in [0.2, 0.25) is 5.02 Å². The summed E-state index contributed by atoms with van der Waals surface area (Å²) >= 11 is 6.13. The molecule has 0 radical (unpaired) electrons. The molecule has 0 aromatic heterocycles. The summed E-state index contributed by atoms with van der Waals surface area (Å²) in [7, 11) is 0. The summed E-state index contributed by atoms with van der Waals surface area (Å²) in [6.07, 6.45) is 6.76. The van der Waals surface area contributed by atoms with Gasteiger partial charge in [0.05, 0.1) is 12.0 Å². The summed E-state index contributed by atoms with van der Waals surface area (Å²) in [5.41, 5.74) is -0.0648. The standard InChI is InChI=1S/C17H21ClO3/c18-13-6-7-15(21-11-12-4-5-12)14(10-13)17(16(19)20)8-2-1-3-9-17/h6-7,10,12H,1-5,8-9,11H2,(H,19,20). The zero-order chi connectivity index (χ0) is 14.9. The molecule has 0 heterocycles. The maximum atomic E-state index is 12.0. The second kappa shape index (κ2) is 5.88. The molecule has 1 aromatic rings. The van der Waals surface area contributed by atoms with Crippen LogP contribution < -0.4 is 4.74 Å². The summed E-state index contributed by atoms with van der Waals surface area (Å²) in [5, 5.41) is 10.4. The van der Waals surface area contributed by atoms with E-state index in [0.717, 1.165) is 24.8 Å². The molecule has 2 aliphatic carbocycles. The van der Waals surface area contributed by atoms with Gasteiger partial charge in [0.15, 0.2) is 0 Å². The first-order valence-corrected chi connectivity index (χ1v) is 8.16. The number of benzene rings is 1. The fourth-order valence-electron chi connectivity index (χ4n) is 3.25. The molecule has 0 atom stereocenters. The van der Waals surface area contributed by atoms with Gasteiger partial charge in [0.2, 0.25) is 0 Å². The molecule has 0 spiro atoms. The Morgan fingerprint density at radius 1 is 1.29 bits per heavy atom. The van der Waals surface area contributed by atoms with Gasteiger partial charge in [0, 0.05) is 10.6 Å². The zero-order valence-electron chi connectivity index (χ0n) is 12.1. The molecule has 114 valence electrons. The van der Waals surface area contributed by atoms with E-state index in [4.69, 9.17) is 16.3 Å². The Balaban J connectivity index is 1.96. The number of hydrogen-bond acceptors (Lipinski definition) is 2. The molecule has 0 bridgehead atoms. The van der Waals surface area contributed by atoms with Crippen molar-refractivity contribution >= 4 is 17.6 Å². The van der Waals surface area contributed by atoms with Crippen molar-refractivity contribution in [3.05, 3.63) is 28.8 Å². The van der Waals surface area contributed by atoms with Gasteiger partial charge in [-0.25, -0.2) is 0 Å². The SMILES string of the molecule is O=C(O)C1(c2cc(Cl)ccc2OCC2CC2)CCCCC1. The average molecular weight is 309 g/mol. The van der Waals surface area contributed by atoms with Crippen LogP contribution in [0.4, 0.5) is 0 Å². The quantitative estimate of drug-likeness (QED) is 0.876. The van der Waals surface area contributed by atoms with Crippen molar-refractivity contribution in [3.8, 4) is 5.75 Å². The summed E-state index contributed by atoms with van der Waals surface area (Å²) in [5.74, 6) is 0.594. The van der Waals surface area contributed by atoms with Crippen LogP contribution in [0.5, 0.6) is 5.75 Å². The number of halogens is 1. The lowest BCUT2D eigenvalue weighted by atomic mass is 9.69. The predicted octanol–water partition coefficient (Wildman–Crippen LogP) is 4.42. The second-order valence-corrected chi connectivity index (χ2v) is 6.78. The number of carbonyl (C=O) groups is 1. The van der Waals surface area contributed by atoms with E-state index in [2.05, 4.69) is 0 Å². The highest BCUT2D eigenvalue weighted by Gasteiger charge is 2.43. The highest BCUT2D eigenvalue weighted by atomic mass is 35.5. The molecule has 1 aromatic carbocycles. The van der Waals surface area contributed by atoms with E-state index in [1.165, 1.54) is 12.8 Å². The van der Waals surface area contributed by atoms with E-state index < -0.39 is 11.4 Å². The highest BCUT2D eigenvalue weighted by molar-refractivity contribution is 6.30. The van der Waals surface area contributed by atoms with E-state index in [9.17, 15) is 9.90 Å². The van der Waals surface area contributed by atoms with E-state index in [0.29, 0.717) is 36.1 Å². The largest absolute Gasteiger partial charge is 0.493 e. The Morgan fingerprint density at radius 3 is 2.62 bits per heavy atom. The molecule has 1 N–H and O–H groups in total. The first-order valence-electron chi connectivity index (χ1n) is 7.78. The first kappa shape index (κ1) is 14.7. The molecule has 3 rings (SSSR count).